The van der Waals surface area contributed by atoms with Crippen LogP contribution in [0.5, 0.6) is 0 Å². The Morgan fingerprint density at radius 3 is 1.94 bits per heavy atom. The number of aliphatic hydroxyl groups excluding tert-OH is 2. The van der Waals surface area contributed by atoms with E-state index in [1.54, 1.807) is 53.4 Å². The standard InChI is InChI=1S/C26H27N3O5/c1-18(31)25(23(32)17-30)28-26(34)21-12-8-19(9-13-21)6-4-5-7-20-10-14-22(15-11-20)27-24(33)16-29(2)3/h8-15,18,25,30-31H,16-17H2,1-3H3,(H,27,33)(H,28,34)/t18-,25?/m1/s1. The van der Waals surface area contributed by atoms with Crippen LogP contribution in [0.4, 0.5) is 5.69 Å². The number of benzene rings is 2. The summed E-state index contributed by atoms with van der Waals surface area (Å²) in [6, 6.07) is 12.3. The van der Waals surface area contributed by atoms with E-state index in [0.717, 1.165) is 5.56 Å². The smallest absolute Gasteiger partial charge is 0.251 e. The number of amides is 2. The molecule has 1 unspecified atom stereocenters. The Balaban J connectivity index is 1.96. The van der Waals surface area contributed by atoms with Gasteiger partial charge < -0.3 is 25.7 Å². The van der Waals surface area contributed by atoms with Crippen molar-refractivity contribution in [1.82, 2.24) is 10.2 Å². The zero-order valence-electron chi connectivity index (χ0n) is 19.3. The van der Waals surface area contributed by atoms with Gasteiger partial charge in [0.2, 0.25) is 5.91 Å². The molecule has 8 heteroatoms. The first kappa shape index (κ1) is 26.3. The Bertz CT molecular complexity index is 1130. The van der Waals surface area contributed by atoms with E-state index in [2.05, 4.69) is 34.3 Å². The molecule has 0 bridgehead atoms. The Hall–Kier alpha value is -3.95. The molecular formula is C26H27N3O5. The van der Waals surface area contributed by atoms with Crippen molar-refractivity contribution in [2.45, 2.75) is 19.1 Å². The van der Waals surface area contributed by atoms with Crippen LogP contribution in [0.15, 0.2) is 48.5 Å². The Morgan fingerprint density at radius 1 is 0.941 bits per heavy atom. The van der Waals surface area contributed by atoms with E-state index < -0.39 is 30.4 Å². The minimum absolute atomic E-state index is 0.0976. The van der Waals surface area contributed by atoms with E-state index in [4.69, 9.17) is 5.11 Å². The van der Waals surface area contributed by atoms with Crippen LogP contribution in [0.25, 0.3) is 0 Å². The number of rotatable bonds is 8. The third-order valence-corrected chi connectivity index (χ3v) is 4.52. The lowest BCUT2D eigenvalue weighted by Gasteiger charge is -2.19. The van der Waals surface area contributed by atoms with Crippen LogP contribution in [0.2, 0.25) is 0 Å². The molecule has 176 valence electrons. The molecule has 0 aliphatic heterocycles. The van der Waals surface area contributed by atoms with Crippen LogP contribution >= 0.6 is 0 Å². The molecule has 2 rings (SSSR count). The Labute approximate surface area is 199 Å². The molecule has 0 fully saturated rings. The summed E-state index contributed by atoms with van der Waals surface area (Å²) in [5, 5.41) is 23.8. The molecule has 0 spiro atoms. The summed E-state index contributed by atoms with van der Waals surface area (Å²) < 4.78 is 0. The molecule has 2 aromatic carbocycles. The van der Waals surface area contributed by atoms with Crippen LogP contribution < -0.4 is 10.6 Å². The van der Waals surface area contributed by atoms with Gasteiger partial charge in [-0.1, -0.05) is 11.8 Å². The summed E-state index contributed by atoms with van der Waals surface area (Å²) in [5.74, 6) is 9.98. The van der Waals surface area contributed by atoms with Crippen LogP contribution in [0.3, 0.4) is 0 Å². The summed E-state index contributed by atoms with van der Waals surface area (Å²) >= 11 is 0. The molecule has 0 saturated heterocycles. The maximum atomic E-state index is 12.3. The first-order chi connectivity index (χ1) is 16.2. The molecule has 0 heterocycles. The number of ketones is 1. The van der Waals surface area contributed by atoms with E-state index >= 15 is 0 Å². The van der Waals surface area contributed by atoms with E-state index in [0.29, 0.717) is 17.8 Å². The fourth-order valence-corrected chi connectivity index (χ4v) is 2.83. The summed E-state index contributed by atoms with van der Waals surface area (Å²) in [7, 11) is 3.64. The van der Waals surface area contributed by atoms with Gasteiger partial charge in [0.1, 0.15) is 12.6 Å². The molecule has 4 N–H and O–H groups in total. The van der Waals surface area contributed by atoms with Gasteiger partial charge in [-0.15, -0.1) is 0 Å². The molecule has 34 heavy (non-hydrogen) atoms. The van der Waals surface area contributed by atoms with Crippen molar-refractivity contribution in [2.24, 2.45) is 0 Å². The fraction of sp³-hybridized carbons (Fsp3) is 0.269. The molecule has 2 atom stereocenters. The summed E-state index contributed by atoms with van der Waals surface area (Å²) in [5.41, 5.74) is 2.36. The number of anilines is 1. The highest BCUT2D eigenvalue weighted by Gasteiger charge is 2.25. The number of carbonyl (C=O) groups is 3. The quantitative estimate of drug-likeness (QED) is 0.428. The number of likely N-dealkylation sites (N-methyl/N-ethyl adjacent to an activating group) is 1. The van der Waals surface area contributed by atoms with Crippen molar-refractivity contribution in [1.29, 1.82) is 0 Å². The molecule has 0 radical (unpaired) electrons. The molecule has 0 saturated carbocycles. The second kappa shape index (κ2) is 12.9. The SMILES string of the molecule is C[C@@H](O)C(NC(=O)c1ccc(C#CC#Cc2ccc(NC(=O)CN(C)C)cc2)cc1)C(=O)CO. The third-order valence-electron chi connectivity index (χ3n) is 4.52. The maximum Gasteiger partial charge on any atom is 0.251 e. The average molecular weight is 462 g/mol. The zero-order chi connectivity index (χ0) is 25.1. The van der Waals surface area contributed by atoms with Crippen LogP contribution in [-0.4, -0.2) is 72.1 Å². The highest BCUT2D eigenvalue weighted by molar-refractivity contribution is 5.98. The van der Waals surface area contributed by atoms with Gasteiger partial charge in [-0.2, -0.15) is 0 Å². The molecular weight excluding hydrogens is 434 g/mol. The van der Waals surface area contributed by atoms with Gasteiger partial charge in [-0.05, 0) is 81.4 Å². The lowest BCUT2D eigenvalue weighted by atomic mass is 10.1. The van der Waals surface area contributed by atoms with E-state index in [-0.39, 0.29) is 11.5 Å². The second-order valence-electron chi connectivity index (χ2n) is 7.76. The highest BCUT2D eigenvalue weighted by atomic mass is 16.3. The average Bonchev–Trinajstić information content (AvgIpc) is 2.80. The largest absolute Gasteiger partial charge is 0.391 e. The predicted molar refractivity (Wildman–Crippen MR) is 129 cm³/mol. The summed E-state index contributed by atoms with van der Waals surface area (Å²) in [4.78, 5) is 37.5. The normalized spacial score (nSPS) is 11.8. The van der Waals surface area contributed by atoms with Gasteiger partial charge in [-0.3, -0.25) is 14.4 Å². The molecule has 0 aliphatic carbocycles. The van der Waals surface area contributed by atoms with Crippen molar-refractivity contribution in [2.75, 3.05) is 32.6 Å². The van der Waals surface area contributed by atoms with E-state index in [1.807, 2.05) is 14.1 Å². The maximum absolute atomic E-state index is 12.3. The zero-order valence-corrected chi connectivity index (χ0v) is 19.3. The van der Waals surface area contributed by atoms with Crippen molar-refractivity contribution in [3.05, 3.63) is 65.2 Å². The first-order valence-corrected chi connectivity index (χ1v) is 10.5. The van der Waals surface area contributed by atoms with E-state index in [1.165, 1.54) is 6.92 Å². The number of carbonyl (C=O) groups excluding carboxylic acids is 3. The number of hydrogen-bond acceptors (Lipinski definition) is 6. The summed E-state index contributed by atoms with van der Waals surface area (Å²) in [6.45, 7) is 0.883. The summed E-state index contributed by atoms with van der Waals surface area (Å²) in [6.07, 6.45) is -1.13. The van der Waals surface area contributed by atoms with Crippen molar-refractivity contribution in [3.63, 3.8) is 0 Å². The van der Waals surface area contributed by atoms with Crippen molar-refractivity contribution in [3.8, 4) is 23.7 Å². The van der Waals surface area contributed by atoms with Crippen LogP contribution in [0, 0.1) is 23.7 Å². The Kier molecular flexibility index (Phi) is 10.0. The van der Waals surface area contributed by atoms with Gasteiger partial charge in [-0.25, -0.2) is 0 Å². The van der Waals surface area contributed by atoms with Crippen molar-refractivity contribution >= 4 is 23.3 Å². The predicted octanol–water partition coefficient (Wildman–Crippen LogP) is 0.630. The van der Waals surface area contributed by atoms with Crippen LogP contribution in [-0.2, 0) is 9.59 Å². The van der Waals surface area contributed by atoms with E-state index in [9.17, 15) is 19.5 Å². The molecule has 2 amide bonds. The van der Waals surface area contributed by atoms with Gasteiger partial charge in [0.25, 0.3) is 5.91 Å². The Morgan fingerprint density at radius 2 is 1.47 bits per heavy atom. The minimum Gasteiger partial charge on any atom is -0.391 e. The number of Topliss-reactive ketones (excluding diaryl/α,β-unsaturated/α-hetero) is 1. The molecule has 0 aromatic heterocycles. The number of nitrogens with one attached hydrogen (secondary N) is 2. The number of hydrogen-bond donors (Lipinski definition) is 4. The first-order valence-electron chi connectivity index (χ1n) is 10.5. The van der Waals surface area contributed by atoms with Crippen LogP contribution in [0.1, 0.15) is 28.4 Å². The number of aliphatic hydroxyl groups is 2. The van der Waals surface area contributed by atoms with Crippen molar-refractivity contribution < 1.29 is 24.6 Å². The van der Waals surface area contributed by atoms with Gasteiger partial charge in [0.05, 0.1) is 12.6 Å². The minimum atomic E-state index is -1.18. The van der Waals surface area contributed by atoms with Gasteiger partial charge in [0, 0.05) is 22.4 Å². The lowest BCUT2D eigenvalue weighted by Crippen LogP contribution is -2.48. The molecule has 8 nitrogen and oxygen atoms in total. The lowest BCUT2D eigenvalue weighted by molar-refractivity contribution is -0.126. The van der Waals surface area contributed by atoms with Gasteiger partial charge >= 0.3 is 0 Å². The monoisotopic (exact) mass is 461 g/mol. The number of nitrogens with zero attached hydrogens (tertiary/aromatic N) is 1. The molecule has 2 aromatic rings. The third kappa shape index (κ3) is 8.53. The molecule has 0 aliphatic rings. The highest BCUT2D eigenvalue weighted by Crippen LogP contribution is 2.09. The van der Waals surface area contributed by atoms with Gasteiger partial charge in [0.15, 0.2) is 5.78 Å². The topological polar surface area (TPSA) is 119 Å². The second-order valence-corrected chi connectivity index (χ2v) is 7.76. The fourth-order valence-electron chi connectivity index (χ4n) is 2.83.